The molecule has 3 rings (SSSR count). The van der Waals surface area contributed by atoms with Crippen LogP contribution >= 0.6 is 0 Å². The van der Waals surface area contributed by atoms with E-state index in [1.165, 1.54) is 4.90 Å². The van der Waals surface area contributed by atoms with Gasteiger partial charge in [0.2, 0.25) is 0 Å². The first kappa shape index (κ1) is 18.9. The molecule has 7 heteroatoms. The molecule has 1 aliphatic rings. The number of benzene rings is 1. The van der Waals surface area contributed by atoms with E-state index >= 15 is 0 Å². The Bertz CT molecular complexity index is 831. The number of nitrogens with zero attached hydrogens (tertiary/aromatic N) is 3. The van der Waals surface area contributed by atoms with Crippen LogP contribution in [0.2, 0.25) is 0 Å². The number of hydrogen-bond acceptors (Lipinski definition) is 4. The zero-order valence-corrected chi connectivity index (χ0v) is 15.9. The van der Waals surface area contributed by atoms with Crippen LogP contribution in [0.3, 0.4) is 0 Å². The third-order valence-electron chi connectivity index (χ3n) is 4.82. The van der Waals surface area contributed by atoms with Crippen molar-refractivity contribution in [2.75, 3.05) is 13.2 Å². The highest BCUT2D eigenvalue weighted by atomic mass is 16.5. The minimum absolute atomic E-state index is 0.147. The number of carboxylic acids is 1. The molecule has 2 aromatic rings. The van der Waals surface area contributed by atoms with Crippen molar-refractivity contribution in [3.05, 3.63) is 42.2 Å². The number of hydrogen-bond donors (Lipinski definition) is 1. The summed E-state index contributed by atoms with van der Waals surface area (Å²) in [5, 5.41) is 14.1. The SMILES string of the molecule is CC(C)COc1cn(-c2ccccc2)nc1C(=O)N1CCCC1(C)C(=O)O. The molecule has 0 aliphatic carbocycles. The predicted octanol–water partition coefficient (Wildman–Crippen LogP) is 2.99. The van der Waals surface area contributed by atoms with Gasteiger partial charge in [0.15, 0.2) is 11.4 Å². The number of carbonyl (C=O) groups is 2. The van der Waals surface area contributed by atoms with Gasteiger partial charge in [0.25, 0.3) is 5.91 Å². The number of aliphatic carboxylic acids is 1. The van der Waals surface area contributed by atoms with Crippen LogP contribution < -0.4 is 4.74 Å². The summed E-state index contributed by atoms with van der Waals surface area (Å²) in [6.45, 7) is 6.46. The third-order valence-corrected chi connectivity index (χ3v) is 4.82. The summed E-state index contributed by atoms with van der Waals surface area (Å²) in [4.78, 5) is 26.3. The van der Waals surface area contributed by atoms with E-state index in [4.69, 9.17) is 4.74 Å². The number of carboxylic acid groups (broad SMARTS) is 1. The van der Waals surface area contributed by atoms with Crippen molar-refractivity contribution in [2.24, 2.45) is 5.92 Å². The predicted molar refractivity (Wildman–Crippen MR) is 100 cm³/mol. The molecule has 1 saturated heterocycles. The lowest BCUT2D eigenvalue weighted by atomic mass is 9.99. The first-order chi connectivity index (χ1) is 12.8. The smallest absolute Gasteiger partial charge is 0.329 e. The molecule has 1 aromatic carbocycles. The van der Waals surface area contributed by atoms with E-state index in [2.05, 4.69) is 5.10 Å². The van der Waals surface area contributed by atoms with Gasteiger partial charge in [-0.3, -0.25) is 4.79 Å². The molecule has 0 radical (unpaired) electrons. The van der Waals surface area contributed by atoms with Gasteiger partial charge in [0.05, 0.1) is 18.5 Å². The number of likely N-dealkylation sites (tertiary alicyclic amines) is 1. The molecule has 0 spiro atoms. The molecule has 1 N–H and O–H groups in total. The lowest BCUT2D eigenvalue weighted by Crippen LogP contribution is -2.51. The van der Waals surface area contributed by atoms with Crippen molar-refractivity contribution in [1.29, 1.82) is 0 Å². The van der Waals surface area contributed by atoms with E-state index in [0.29, 0.717) is 31.7 Å². The van der Waals surface area contributed by atoms with E-state index < -0.39 is 17.4 Å². The van der Waals surface area contributed by atoms with Crippen LogP contribution in [0.4, 0.5) is 0 Å². The molecule has 0 bridgehead atoms. The van der Waals surface area contributed by atoms with Gasteiger partial charge in [-0.2, -0.15) is 5.10 Å². The van der Waals surface area contributed by atoms with Gasteiger partial charge in [-0.15, -0.1) is 0 Å². The Morgan fingerprint density at radius 1 is 1.30 bits per heavy atom. The van der Waals surface area contributed by atoms with Crippen molar-refractivity contribution in [3.63, 3.8) is 0 Å². The van der Waals surface area contributed by atoms with E-state index in [-0.39, 0.29) is 11.6 Å². The summed E-state index contributed by atoms with van der Waals surface area (Å²) in [5.41, 5.74) is -0.273. The lowest BCUT2D eigenvalue weighted by Gasteiger charge is -2.30. The molecular formula is C20H25N3O4. The fourth-order valence-electron chi connectivity index (χ4n) is 3.22. The fraction of sp³-hybridized carbons (Fsp3) is 0.450. The Morgan fingerprint density at radius 2 is 2.00 bits per heavy atom. The Morgan fingerprint density at radius 3 is 2.63 bits per heavy atom. The highest BCUT2D eigenvalue weighted by Crippen LogP contribution is 2.32. The van der Waals surface area contributed by atoms with Gasteiger partial charge in [0.1, 0.15) is 5.54 Å². The molecule has 7 nitrogen and oxygen atoms in total. The standard InChI is InChI=1S/C20H25N3O4/c1-14(2)13-27-16-12-23(15-8-5-4-6-9-15)21-17(16)18(24)22-11-7-10-20(22,3)19(25)26/h4-6,8-9,12,14H,7,10-11,13H2,1-3H3,(H,25,26). The maximum absolute atomic E-state index is 13.2. The Balaban J connectivity index is 1.98. The van der Waals surface area contributed by atoms with Crippen molar-refractivity contribution in [1.82, 2.24) is 14.7 Å². The zero-order chi connectivity index (χ0) is 19.6. The largest absolute Gasteiger partial charge is 0.489 e. The molecule has 0 saturated carbocycles. The molecular weight excluding hydrogens is 346 g/mol. The average molecular weight is 371 g/mol. The number of rotatable bonds is 6. The van der Waals surface area contributed by atoms with Crippen LogP contribution in [0.15, 0.2) is 36.5 Å². The Kier molecular flexibility index (Phi) is 5.21. The van der Waals surface area contributed by atoms with Crippen molar-refractivity contribution in [3.8, 4) is 11.4 Å². The minimum Gasteiger partial charge on any atom is -0.489 e. The summed E-state index contributed by atoms with van der Waals surface area (Å²) in [6.07, 6.45) is 2.75. The van der Waals surface area contributed by atoms with Gasteiger partial charge < -0.3 is 14.7 Å². The van der Waals surface area contributed by atoms with Crippen molar-refractivity contribution >= 4 is 11.9 Å². The van der Waals surface area contributed by atoms with Gasteiger partial charge in [-0.05, 0) is 37.8 Å². The van der Waals surface area contributed by atoms with Gasteiger partial charge in [-0.25, -0.2) is 9.48 Å². The number of para-hydroxylation sites is 1. The lowest BCUT2D eigenvalue weighted by molar-refractivity contribution is -0.147. The topological polar surface area (TPSA) is 84.7 Å². The van der Waals surface area contributed by atoms with Crippen molar-refractivity contribution in [2.45, 2.75) is 39.2 Å². The molecule has 1 amide bonds. The van der Waals surface area contributed by atoms with Gasteiger partial charge in [0, 0.05) is 6.54 Å². The van der Waals surface area contributed by atoms with E-state index in [1.807, 2.05) is 44.2 Å². The van der Waals surface area contributed by atoms with Gasteiger partial charge >= 0.3 is 5.97 Å². The molecule has 1 aromatic heterocycles. The van der Waals surface area contributed by atoms with Crippen LogP contribution in [0, 0.1) is 5.92 Å². The third kappa shape index (κ3) is 3.67. The normalized spacial score (nSPS) is 19.5. The zero-order valence-electron chi connectivity index (χ0n) is 15.9. The monoisotopic (exact) mass is 371 g/mol. The number of carbonyl (C=O) groups excluding carboxylic acids is 1. The summed E-state index contributed by atoms with van der Waals surface area (Å²) in [7, 11) is 0. The average Bonchev–Trinajstić information content (AvgIpc) is 3.25. The molecule has 2 heterocycles. The number of aromatic nitrogens is 2. The minimum atomic E-state index is -1.22. The molecule has 1 unspecified atom stereocenters. The molecule has 1 atom stereocenters. The Labute approximate surface area is 158 Å². The van der Waals surface area contributed by atoms with Gasteiger partial charge in [-0.1, -0.05) is 32.0 Å². The molecule has 144 valence electrons. The second kappa shape index (κ2) is 7.42. The van der Waals surface area contributed by atoms with Crippen LogP contribution in [-0.2, 0) is 4.79 Å². The second-order valence-corrected chi connectivity index (χ2v) is 7.47. The summed E-state index contributed by atoms with van der Waals surface area (Å²) < 4.78 is 7.43. The van der Waals surface area contributed by atoms with E-state index in [0.717, 1.165) is 5.69 Å². The fourth-order valence-corrected chi connectivity index (χ4v) is 3.22. The van der Waals surface area contributed by atoms with Crippen LogP contribution in [0.25, 0.3) is 5.69 Å². The van der Waals surface area contributed by atoms with Crippen molar-refractivity contribution < 1.29 is 19.4 Å². The molecule has 1 fully saturated rings. The summed E-state index contributed by atoms with van der Waals surface area (Å²) >= 11 is 0. The van der Waals surface area contributed by atoms with Crippen LogP contribution in [0.5, 0.6) is 5.75 Å². The summed E-state index contributed by atoms with van der Waals surface area (Å²) in [6, 6.07) is 9.43. The number of amides is 1. The van der Waals surface area contributed by atoms with E-state index in [1.54, 1.807) is 17.8 Å². The second-order valence-electron chi connectivity index (χ2n) is 7.47. The highest BCUT2D eigenvalue weighted by Gasteiger charge is 2.47. The number of ether oxygens (including phenoxy) is 1. The molecule has 27 heavy (non-hydrogen) atoms. The Hall–Kier alpha value is -2.83. The molecule has 1 aliphatic heterocycles. The highest BCUT2D eigenvalue weighted by molar-refractivity contribution is 5.98. The quantitative estimate of drug-likeness (QED) is 0.844. The maximum Gasteiger partial charge on any atom is 0.329 e. The van der Waals surface area contributed by atoms with Crippen LogP contribution in [0.1, 0.15) is 44.1 Å². The maximum atomic E-state index is 13.2. The summed E-state index contributed by atoms with van der Waals surface area (Å²) in [5.74, 6) is -0.757. The van der Waals surface area contributed by atoms with Crippen LogP contribution in [-0.4, -0.2) is 50.4 Å². The first-order valence-electron chi connectivity index (χ1n) is 9.16. The van der Waals surface area contributed by atoms with E-state index in [9.17, 15) is 14.7 Å². The first-order valence-corrected chi connectivity index (χ1v) is 9.16.